The Labute approximate surface area is 115 Å². The molecule has 1 aromatic carbocycles. The van der Waals surface area contributed by atoms with Crippen molar-refractivity contribution in [2.24, 2.45) is 5.41 Å². The van der Waals surface area contributed by atoms with Gasteiger partial charge in [0, 0.05) is 30.6 Å². The molecule has 3 heteroatoms. The predicted octanol–water partition coefficient (Wildman–Crippen LogP) is 2.53. The lowest BCUT2D eigenvalue weighted by atomic mass is 9.98. The number of anilines is 1. The van der Waals surface area contributed by atoms with E-state index in [9.17, 15) is 5.26 Å². The summed E-state index contributed by atoms with van der Waals surface area (Å²) in [5, 5.41) is 12.9. The summed E-state index contributed by atoms with van der Waals surface area (Å²) in [6, 6.07) is 10.3. The van der Waals surface area contributed by atoms with Gasteiger partial charge in [0.2, 0.25) is 0 Å². The molecule has 1 saturated carbocycles. The van der Waals surface area contributed by atoms with Crippen LogP contribution in [0.2, 0.25) is 0 Å². The molecule has 19 heavy (non-hydrogen) atoms. The molecule has 1 saturated heterocycles. The van der Waals surface area contributed by atoms with E-state index in [2.05, 4.69) is 36.2 Å². The molecule has 3 rings (SSSR count). The van der Waals surface area contributed by atoms with Crippen molar-refractivity contribution in [2.75, 3.05) is 24.5 Å². The van der Waals surface area contributed by atoms with Crippen LogP contribution in [0.1, 0.15) is 32.3 Å². The van der Waals surface area contributed by atoms with Gasteiger partial charge in [0.25, 0.3) is 0 Å². The van der Waals surface area contributed by atoms with Crippen LogP contribution in [-0.2, 0) is 0 Å². The van der Waals surface area contributed by atoms with Crippen LogP contribution in [0.15, 0.2) is 24.3 Å². The molecule has 0 radical (unpaired) electrons. The summed E-state index contributed by atoms with van der Waals surface area (Å²) in [5.74, 6) is 0. The first kappa shape index (κ1) is 12.5. The highest BCUT2D eigenvalue weighted by Gasteiger charge is 2.48. The Bertz CT molecular complexity index is 523. The summed E-state index contributed by atoms with van der Waals surface area (Å²) in [7, 11) is 0. The third-order valence-electron chi connectivity index (χ3n) is 4.55. The summed E-state index contributed by atoms with van der Waals surface area (Å²) in [6.07, 6.45) is 2.61. The van der Waals surface area contributed by atoms with Crippen molar-refractivity contribution in [3.8, 4) is 6.07 Å². The van der Waals surface area contributed by atoms with Crippen molar-refractivity contribution >= 4 is 5.69 Å². The van der Waals surface area contributed by atoms with Crippen molar-refractivity contribution < 1.29 is 0 Å². The molecule has 100 valence electrons. The van der Waals surface area contributed by atoms with Crippen molar-refractivity contribution in [3.63, 3.8) is 0 Å². The van der Waals surface area contributed by atoms with Crippen LogP contribution in [0.3, 0.4) is 0 Å². The number of nitriles is 1. The fraction of sp³-hybridized carbons (Fsp3) is 0.562. The molecule has 0 aromatic heterocycles. The molecular weight excluding hydrogens is 234 g/mol. The quantitative estimate of drug-likeness (QED) is 0.838. The molecule has 1 aliphatic heterocycles. The topological polar surface area (TPSA) is 39.1 Å². The second kappa shape index (κ2) is 4.25. The van der Waals surface area contributed by atoms with E-state index < -0.39 is 0 Å². The van der Waals surface area contributed by atoms with Gasteiger partial charge < -0.3 is 10.2 Å². The molecule has 0 amide bonds. The van der Waals surface area contributed by atoms with E-state index in [1.54, 1.807) is 0 Å². The van der Waals surface area contributed by atoms with Crippen LogP contribution in [0, 0.1) is 16.7 Å². The van der Waals surface area contributed by atoms with Crippen LogP contribution in [0.5, 0.6) is 0 Å². The summed E-state index contributed by atoms with van der Waals surface area (Å²) in [4.78, 5) is 2.44. The number of hydrogen-bond acceptors (Lipinski definition) is 3. The van der Waals surface area contributed by atoms with E-state index >= 15 is 0 Å². The number of benzene rings is 1. The van der Waals surface area contributed by atoms with Crippen LogP contribution in [0.25, 0.3) is 0 Å². The van der Waals surface area contributed by atoms with Gasteiger partial charge in [0.1, 0.15) is 6.07 Å². The maximum atomic E-state index is 9.34. The molecule has 0 atom stereocenters. The van der Waals surface area contributed by atoms with Crippen LogP contribution < -0.4 is 10.2 Å². The lowest BCUT2D eigenvalue weighted by Crippen LogP contribution is -2.49. The molecule has 1 aliphatic carbocycles. The van der Waals surface area contributed by atoms with Gasteiger partial charge in [0.15, 0.2) is 0 Å². The fourth-order valence-corrected chi connectivity index (χ4v) is 3.06. The van der Waals surface area contributed by atoms with Gasteiger partial charge >= 0.3 is 0 Å². The highest BCUT2D eigenvalue weighted by molar-refractivity contribution is 5.61. The molecular formula is C16H21N3. The first-order valence-corrected chi connectivity index (χ1v) is 7.04. The van der Waals surface area contributed by atoms with Crippen molar-refractivity contribution in [1.82, 2.24) is 5.32 Å². The third kappa shape index (κ3) is 2.21. The summed E-state index contributed by atoms with van der Waals surface area (Å²) >= 11 is 0. The normalized spacial score (nSPS) is 23.7. The fourth-order valence-electron chi connectivity index (χ4n) is 3.06. The Morgan fingerprint density at radius 3 is 2.63 bits per heavy atom. The minimum atomic E-state index is 0.0407. The minimum Gasteiger partial charge on any atom is -0.363 e. The molecule has 3 nitrogen and oxygen atoms in total. The van der Waals surface area contributed by atoms with E-state index in [-0.39, 0.29) is 5.54 Å². The second-order valence-corrected chi connectivity index (χ2v) is 6.63. The van der Waals surface area contributed by atoms with Gasteiger partial charge in [-0.25, -0.2) is 0 Å². The summed E-state index contributed by atoms with van der Waals surface area (Å²) in [5.41, 5.74) is 2.35. The average Bonchev–Trinajstić information content (AvgIpc) is 3.17. The van der Waals surface area contributed by atoms with E-state index in [0.29, 0.717) is 5.41 Å². The van der Waals surface area contributed by atoms with Crippen molar-refractivity contribution in [2.45, 2.75) is 32.2 Å². The molecule has 1 aromatic rings. The minimum absolute atomic E-state index is 0.0407. The van der Waals surface area contributed by atoms with Gasteiger partial charge in [-0.2, -0.15) is 5.26 Å². The maximum absolute atomic E-state index is 9.34. The first-order chi connectivity index (χ1) is 9.06. The Morgan fingerprint density at radius 2 is 1.95 bits per heavy atom. The molecule has 1 spiro atoms. The zero-order valence-electron chi connectivity index (χ0n) is 11.7. The summed E-state index contributed by atoms with van der Waals surface area (Å²) < 4.78 is 0. The molecule has 2 fully saturated rings. The smallest absolute Gasteiger partial charge is 0.101 e. The van der Waals surface area contributed by atoms with Gasteiger partial charge in [-0.05, 0) is 38.8 Å². The van der Waals surface area contributed by atoms with Gasteiger partial charge in [-0.1, -0.05) is 12.1 Å². The zero-order chi connectivity index (χ0) is 13.5. The molecule has 0 bridgehead atoms. The maximum Gasteiger partial charge on any atom is 0.101 e. The standard InChI is InChI=1S/C16H21N3/c1-15(2)10-18-11-16(7-8-16)12-19(15)14-6-4-3-5-13(14)9-17/h3-6,18H,7-8,10-12H2,1-2H3. The van der Waals surface area contributed by atoms with Crippen molar-refractivity contribution in [3.05, 3.63) is 29.8 Å². The SMILES string of the molecule is CC1(C)CNCC2(CC2)CN1c1ccccc1C#N. The van der Waals surface area contributed by atoms with Crippen LogP contribution in [0.4, 0.5) is 5.69 Å². The Kier molecular flexibility index (Phi) is 2.79. The zero-order valence-corrected chi connectivity index (χ0v) is 11.7. The molecule has 1 heterocycles. The number of para-hydroxylation sites is 1. The largest absolute Gasteiger partial charge is 0.363 e. The number of nitrogens with one attached hydrogen (secondary N) is 1. The lowest BCUT2D eigenvalue weighted by Gasteiger charge is -2.40. The second-order valence-electron chi connectivity index (χ2n) is 6.63. The number of hydrogen-bond donors (Lipinski definition) is 1. The molecule has 1 N–H and O–H groups in total. The summed E-state index contributed by atoms with van der Waals surface area (Å²) in [6.45, 7) is 7.66. The highest BCUT2D eigenvalue weighted by atomic mass is 15.2. The monoisotopic (exact) mass is 255 g/mol. The number of rotatable bonds is 1. The van der Waals surface area contributed by atoms with Crippen molar-refractivity contribution in [1.29, 1.82) is 5.26 Å². The van der Waals surface area contributed by atoms with Crippen LogP contribution in [-0.4, -0.2) is 25.2 Å². The average molecular weight is 255 g/mol. The Morgan fingerprint density at radius 1 is 1.21 bits per heavy atom. The van der Waals surface area contributed by atoms with Gasteiger partial charge in [0.05, 0.1) is 11.3 Å². The van der Waals surface area contributed by atoms with Crippen LogP contribution >= 0.6 is 0 Å². The number of nitrogens with zero attached hydrogens (tertiary/aromatic N) is 2. The van der Waals surface area contributed by atoms with E-state index in [1.165, 1.54) is 12.8 Å². The molecule has 2 aliphatic rings. The Balaban J connectivity index is 2.02. The molecule has 0 unspecified atom stereocenters. The van der Waals surface area contributed by atoms with E-state index in [0.717, 1.165) is 30.9 Å². The first-order valence-electron chi connectivity index (χ1n) is 7.04. The van der Waals surface area contributed by atoms with E-state index in [1.807, 2.05) is 18.2 Å². The predicted molar refractivity (Wildman–Crippen MR) is 77.1 cm³/mol. The Hall–Kier alpha value is -1.53. The van der Waals surface area contributed by atoms with E-state index in [4.69, 9.17) is 0 Å². The lowest BCUT2D eigenvalue weighted by molar-refractivity contribution is 0.455. The third-order valence-corrected chi connectivity index (χ3v) is 4.55. The van der Waals surface area contributed by atoms with Gasteiger partial charge in [-0.3, -0.25) is 0 Å². The highest BCUT2D eigenvalue weighted by Crippen LogP contribution is 2.48. The van der Waals surface area contributed by atoms with Gasteiger partial charge in [-0.15, -0.1) is 0 Å².